The van der Waals surface area contributed by atoms with Gasteiger partial charge in [0.15, 0.2) is 0 Å². The minimum atomic E-state index is 0.181. The number of hydrogen-bond acceptors (Lipinski definition) is 1. The molecule has 0 aliphatic rings. The van der Waals surface area contributed by atoms with E-state index < -0.39 is 0 Å². The van der Waals surface area contributed by atoms with Crippen molar-refractivity contribution in [2.24, 2.45) is 0 Å². The van der Waals surface area contributed by atoms with Crippen LogP contribution in [0.2, 0.25) is 0 Å². The van der Waals surface area contributed by atoms with E-state index >= 15 is 0 Å². The van der Waals surface area contributed by atoms with Crippen LogP contribution in [-0.4, -0.2) is 0 Å². The van der Waals surface area contributed by atoms with Crippen molar-refractivity contribution in [3.63, 3.8) is 0 Å². The molecule has 0 fully saturated rings. The zero-order valence-corrected chi connectivity index (χ0v) is 15.7. The number of hydrogen-bond donors (Lipinski definition) is 1. The van der Waals surface area contributed by atoms with Gasteiger partial charge in [-0.25, -0.2) is 0 Å². The van der Waals surface area contributed by atoms with E-state index in [1.54, 1.807) is 0 Å². The Morgan fingerprint density at radius 2 is 1.48 bits per heavy atom. The second kappa shape index (κ2) is 8.01. The number of anilines is 1. The molecular formula is C22H31N. The van der Waals surface area contributed by atoms with Crippen LogP contribution in [0.1, 0.15) is 56.9 Å². The lowest BCUT2D eigenvalue weighted by atomic mass is 9.86. The monoisotopic (exact) mass is 309 g/mol. The summed E-state index contributed by atoms with van der Waals surface area (Å²) in [5.74, 6) is 0. The Bertz CT molecular complexity index is 643. The Labute approximate surface area is 142 Å². The Morgan fingerprint density at radius 1 is 0.913 bits per heavy atom. The third-order valence-electron chi connectivity index (χ3n) is 3.77. The first-order valence-corrected chi connectivity index (χ1v) is 8.41. The van der Waals surface area contributed by atoms with E-state index in [0.717, 1.165) is 16.9 Å². The molecule has 2 aromatic carbocycles. The summed E-state index contributed by atoms with van der Waals surface area (Å²) in [6.45, 7) is 19.1. The first-order chi connectivity index (χ1) is 10.8. The van der Waals surface area contributed by atoms with Gasteiger partial charge in [0, 0.05) is 11.4 Å². The summed E-state index contributed by atoms with van der Waals surface area (Å²) in [6, 6.07) is 15.1. The molecule has 0 radical (unpaired) electrons. The standard InChI is InChI=1S/C20H25N.C2H6/c1-14-7-12-19(15(2)13-14)21-16(3)17-8-10-18(11-9-17)20(4,5)6;1-2/h7-13,21H,3H2,1-2,4-6H3;1-2H3. The van der Waals surface area contributed by atoms with Crippen molar-refractivity contribution in [3.05, 3.63) is 71.3 Å². The van der Waals surface area contributed by atoms with Gasteiger partial charge in [0.05, 0.1) is 0 Å². The summed E-state index contributed by atoms with van der Waals surface area (Å²) in [4.78, 5) is 0. The molecule has 0 aliphatic carbocycles. The molecule has 0 spiro atoms. The van der Waals surface area contributed by atoms with Crippen LogP contribution in [0.5, 0.6) is 0 Å². The third kappa shape index (κ3) is 5.28. The highest BCUT2D eigenvalue weighted by atomic mass is 14.9. The van der Waals surface area contributed by atoms with E-state index in [9.17, 15) is 0 Å². The quantitative estimate of drug-likeness (QED) is 0.664. The van der Waals surface area contributed by atoms with Gasteiger partial charge in [-0.05, 0) is 42.0 Å². The lowest BCUT2D eigenvalue weighted by molar-refractivity contribution is 0.590. The molecule has 2 aromatic rings. The number of benzene rings is 2. The summed E-state index contributed by atoms with van der Waals surface area (Å²) in [6.07, 6.45) is 0. The largest absolute Gasteiger partial charge is 0.355 e. The predicted molar refractivity (Wildman–Crippen MR) is 105 cm³/mol. The van der Waals surface area contributed by atoms with E-state index in [1.807, 2.05) is 13.8 Å². The molecule has 0 amide bonds. The molecule has 1 heteroatoms. The van der Waals surface area contributed by atoms with Crippen LogP contribution in [0.25, 0.3) is 5.70 Å². The maximum atomic E-state index is 4.16. The van der Waals surface area contributed by atoms with Crippen LogP contribution in [-0.2, 0) is 5.41 Å². The van der Waals surface area contributed by atoms with Crippen LogP contribution < -0.4 is 5.32 Å². The van der Waals surface area contributed by atoms with Gasteiger partial charge in [-0.3, -0.25) is 0 Å². The molecule has 0 heterocycles. The van der Waals surface area contributed by atoms with Crippen LogP contribution in [0.3, 0.4) is 0 Å². The van der Waals surface area contributed by atoms with Gasteiger partial charge in [0.25, 0.3) is 0 Å². The van der Waals surface area contributed by atoms with Gasteiger partial charge in [0.2, 0.25) is 0 Å². The topological polar surface area (TPSA) is 12.0 Å². The zero-order chi connectivity index (χ0) is 17.6. The lowest BCUT2D eigenvalue weighted by Crippen LogP contribution is -2.10. The molecule has 0 saturated carbocycles. The molecule has 23 heavy (non-hydrogen) atoms. The SMILES string of the molecule is C=C(Nc1ccc(C)cc1C)c1ccc(C(C)(C)C)cc1.CC. The first kappa shape index (κ1) is 19.0. The Kier molecular flexibility index (Phi) is 6.62. The fourth-order valence-corrected chi connectivity index (χ4v) is 2.36. The Hall–Kier alpha value is -2.02. The van der Waals surface area contributed by atoms with E-state index in [4.69, 9.17) is 0 Å². The number of nitrogens with one attached hydrogen (secondary N) is 1. The Morgan fingerprint density at radius 3 is 1.96 bits per heavy atom. The Balaban J connectivity index is 0.00000127. The molecule has 0 atom stereocenters. The van der Waals surface area contributed by atoms with E-state index in [1.165, 1.54) is 16.7 Å². The van der Waals surface area contributed by atoms with Gasteiger partial charge in [-0.1, -0.05) is 83.2 Å². The minimum Gasteiger partial charge on any atom is -0.355 e. The molecule has 124 valence electrons. The van der Waals surface area contributed by atoms with Crippen LogP contribution >= 0.6 is 0 Å². The fraction of sp³-hybridized carbons (Fsp3) is 0.364. The first-order valence-electron chi connectivity index (χ1n) is 8.41. The summed E-state index contributed by atoms with van der Waals surface area (Å²) < 4.78 is 0. The molecule has 0 unspecified atom stereocenters. The van der Waals surface area contributed by atoms with E-state index in [0.29, 0.717) is 0 Å². The van der Waals surface area contributed by atoms with Gasteiger partial charge in [-0.15, -0.1) is 0 Å². The summed E-state index contributed by atoms with van der Waals surface area (Å²) in [7, 11) is 0. The van der Waals surface area contributed by atoms with E-state index in [-0.39, 0.29) is 5.41 Å². The molecule has 0 saturated heterocycles. The highest BCUT2D eigenvalue weighted by Crippen LogP contribution is 2.25. The molecule has 2 rings (SSSR count). The van der Waals surface area contributed by atoms with Gasteiger partial charge in [0.1, 0.15) is 0 Å². The van der Waals surface area contributed by atoms with Crippen LogP contribution in [0.15, 0.2) is 49.0 Å². The summed E-state index contributed by atoms with van der Waals surface area (Å²) in [5.41, 5.74) is 7.21. The normalized spacial score (nSPS) is 10.6. The molecule has 1 nitrogen and oxygen atoms in total. The fourth-order valence-electron chi connectivity index (χ4n) is 2.36. The summed E-state index contributed by atoms with van der Waals surface area (Å²) in [5, 5.41) is 3.42. The maximum Gasteiger partial charge on any atom is 0.0414 e. The minimum absolute atomic E-state index is 0.181. The second-order valence-electron chi connectivity index (χ2n) is 6.75. The van der Waals surface area contributed by atoms with Crippen molar-refractivity contribution in [2.75, 3.05) is 5.32 Å². The van der Waals surface area contributed by atoms with Crippen molar-refractivity contribution in [1.29, 1.82) is 0 Å². The average molecular weight is 309 g/mol. The van der Waals surface area contributed by atoms with Crippen molar-refractivity contribution in [2.45, 2.75) is 53.9 Å². The second-order valence-corrected chi connectivity index (χ2v) is 6.75. The van der Waals surface area contributed by atoms with Gasteiger partial charge < -0.3 is 5.32 Å². The van der Waals surface area contributed by atoms with Gasteiger partial charge >= 0.3 is 0 Å². The number of aryl methyl sites for hydroxylation is 2. The lowest BCUT2D eigenvalue weighted by Gasteiger charge is -2.20. The molecule has 0 bridgehead atoms. The number of rotatable bonds is 3. The molecule has 1 N–H and O–H groups in total. The summed E-state index contributed by atoms with van der Waals surface area (Å²) >= 11 is 0. The zero-order valence-electron chi connectivity index (χ0n) is 15.7. The smallest absolute Gasteiger partial charge is 0.0414 e. The van der Waals surface area contributed by atoms with Crippen molar-refractivity contribution < 1.29 is 0 Å². The van der Waals surface area contributed by atoms with Gasteiger partial charge in [-0.2, -0.15) is 0 Å². The average Bonchev–Trinajstić information content (AvgIpc) is 2.51. The molecule has 0 aromatic heterocycles. The highest BCUT2D eigenvalue weighted by Gasteiger charge is 2.13. The van der Waals surface area contributed by atoms with Crippen molar-refractivity contribution in [1.82, 2.24) is 0 Å². The highest BCUT2D eigenvalue weighted by molar-refractivity contribution is 5.76. The van der Waals surface area contributed by atoms with Crippen molar-refractivity contribution in [3.8, 4) is 0 Å². The molecular weight excluding hydrogens is 278 g/mol. The van der Waals surface area contributed by atoms with Crippen LogP contribution in [0, 0.1) is 13.8 Å². The molecule has 0 aliphatic heterocycles. The third-order valence-corrected chi connectivity index (χ3v) is 3.77. The van der Waals surface area contributed by atoms with Crippen molar-refractivity contribution >= 4 is 11.4 Å². The van der Waals surface area contributed by atoms with Crippen LogP contribution in [0.4, 0.5) is 5.69 Å². The van der Waals surface area contributed by atoms with E-state index in [2.05, 4.69) is 89.0 Å². The predicted octanol–water partition coefficient (Wildman–Crippen LogP) is 6.71. The maximum absolute atomic E-state index is 4.16.